The first kappa shape index (κ1) is 10.2. The van der Waals surface area contributed by atoms with E-state index in [9.17, 15) is 0 Å². The van der Waals surface area contributed by atoms with Crippen molar-refractivity contribution in [1.82, 2.24) is 9.97 Å². The van der Waals surface area contributed by atoms with E-state index >= 15 is 0 Å². The van der Waals surface area contributed by atoms with Gasteiger partial charge in [0.05, 0.1) is 5.69 Å². The van der Waals surface area contributed by atoms with E-state index in [0.29, 0.717) is 5.92 Å². The van der Waals surface area contributed by atoms with E-state index in [1.165, 1.54) is 25.7 Å². The number of nitrogens with zero attached hydrogens (tertiary/aromatic N) is 2. The SMILES string of the molecule is CCCC(CCC)c1cnccn1. The van der Waals surface area contributed by atoms with Gasteiger partial charge in [-0.1, -0.05) is 26.7 Å². The predicted octanol–water partition coefficient (Wildman–Crippen LogP) is 3.16. The van der Waals surface area contributed by atoms with Crippen molar-refractivity contribution in [2.75, 3.05) is 0 Å². The van der Waals surface area contributed by atoms with Gasteiger partial charge in [-0.15, -0.1) is 0 Å². The van der Waals surface area contributed by atoms with Crippen LogP contribution in [0.4, 0.5) is 0 Å². The second-order valence-corrected chi connectivity index (χ2v) is 3.40. The Morgan fingerprint density at radius 2 is 1.85 bits per heavy atom. The molecule has 0 amide bonds. The van der Waals surface area contributed by atoms with Crippen molar-refractivity contribution in [1.29, 1.82) is 0 Å². The first-order chi connectivity index (χ1) is 6.38. The summed E-state index contributed by atoms with van der Waals surface area (Å²) in [6.45, 7) is 4.44. The van der Waals surface area contributed by atoms with Crippen molar-refractivity contribution < 1.29 is 0 Å². The summed E-state index contributed by atoms with van der Waals surface area (Å²) >= 11 is 0. The Hall–Kier alpha value is -0.920. The molecule has 0 radical (unpaired) electrons. The molecule has 0 saturated heterocycles. The van der Waals surface area contributed by atoms with Gasteiger partial charge < -0.3 is 0 Å². The highest BCUT2D eigenvalue weighted by atomic mass is 14.8. The molecule has 0 spiro atoms. The summed E-state index contributed by atoms with van der Waals surface area (Å²) in [6, 6.07) is 0. The van der Waals surface area contributed by atoms with E-state index in [1.54, 1.807) is 12.4 Å². The van der Waals surface area contributed by atoms with Crippen LogP contribution in [0.5, 0.6) is 0 Å². The summed E-state index contributed by atoms with van der Waals surface area (Å²) in [5, 5.41) is 0. The third kappa shape index (κ3) is 3.13. The monoisotopic (exact) mass is 178 g/mol. The summed E-state index contributed by atoms with van der Waals surface area (Å²) in [7, 11) is 0. The highest BCUT2D eigenvalue weighted by Gasteiger charge is 2.10. The molecule has 0 aliphatic carbocycles. The zero-order chi connectivity index (χ0) is 9.52. The van der Waals surface area contributed by atoms with Crippen LogP contribution in [0.1, 0.15) is 51.1 Å². The maximum Gasteiger partial charge on any atom is 0.0617 e. The van der Waals surface area contributed by atoms with Gasteiger partial charge in [0.1, 0.15) is 0 Å². The van der Waals surface area contributed by atoms with Crippen molar-refractivity contribution in [3.8, 4) is 0 Å². The second kappa shape index (κ2) is 5.68. The summed E-state index contributed by atoms with van der Waals surface area (Å²) < 4.78 is 0. The fourth-order valence-corrected chi connectivity index (χ4v) is 1.66. The van der Waals surface area contributed by atoms with Crippen LogP contribution in [-0.4, -0.2) is 9.97 Å². The maximum absolute atomic E-state index is 4.35. The minimum Gasteiger partial charge on any atom is -0.261 e. The van der Waals surface area contributed by atoms with Gasteiger partial charge in [0.25, 0.3) is 0 Å². The van der Waals surface area contributed by atoms with E-state index in [0.717, 1.165) is 5.69 Å². The summed E-state index contributed by atoms with van der Waals surface area (Å²) in [4.78, 5) is 8.46. The van der Waals surface area contributed by atoms with Gasteiger partial charge in [0.15, 0.2) is 0 Å². The Kier molecular flexibility index (Phi) is 4.44. The smallest absolute Gasteiger partial charge is 0.0617 e. The minimum absolute atomic E-state index is 0.615. The number of hydrogen-bond acceptors (Lipinski definition) is 2. The van der Waals surface area contributed by atoms with Crippen molar-refractivity contribution in [2.45, 2.75) is 45.4 Å². The molecule has 0 fully saturated rings. The van der Waals surface area contributed by atoms with Crippen LogP contribution in [0.15, 0.2) is 18.6 Å². The molecule has 13 heavy (non-hydrogen) atoms. The highest BCUT2D eigenvalue weighted by Crippen LogP contribution is 2.23. The normalized spacial score (nSPS) is 10.7. The van der Waals surface area contributed by atoms with Gasteiger partial charge in [-0.05, 0) is 12.8 Å². The molecule has 72 valence electrons. The van der Waals surface area contributed by atoms with Crippen molar-refractivity contribution in [2.24, 2.45) is 0 Å². The van der Waals surface area contributed by atoms with E-state index in [4.69, 9.17) is 0 Å². The van der Waals surface area contributed by atoms with Gasteiger partial charge in [-0.25, -0.2) is 0 Å². The lowest BCUT2D eigenvalue weighted by Gasteiger charge is -2.13. The average molecular weight is 178 g/mol. The zero-order valence-electron chi connectivity index (χ0n) is 8.53. The minimum atomic E-state index is 0.615. The fraction of sp³-hybridized carbons (Fsp3) is 0.636. The first-order valence-corrected chi connectivity index (χ1v) is 5.14. The van der Waals surface area contributed by atoms with Crippen LogP contribution >= 0.6 is 0 Å². The van der Waals surface area contributed by atoms with Gasteiger partial charge in [0.2, 0.25) is 0 Å². The molecule has 0 atom stereocenters. The van der Waals surface area contributed by atoms with Crippen LogP contribution in [0.3, 0.4) is 0 Å². The van der Waals surface area contributed by atoms with Crippen LogP contribution in [0.2, 0.25) is 0 Å². The molecule has 0 aromatic carbocycles. The summed E-state index contributed by atoms with van der Waals surface area (Å²) in [6.07, 6.45) is 10.3. The van der Waals surface area contributed by atoms with Crippen molar-refractivity contribution >= 4 is 0 Å². The largest absolute Gasteiger partial charge is 0.261 e. The molecular formula is C11H18N2. The Labute approximate surface area is 80.4 Å². The highest BCUT2D eigenvalue weighted by molar-refractivity contribution is 5.02. The molecule has 0 aliphatic heterocycles. The Balaban J connectivity index is 2.64. The lowest BCUT2D eigenvalue weighted by Crippen LogP contribution is -2.01. The first-order valence-electron chi connectivity index (χ1n) is 5.14. The lowest BCUT2D eigenvalue weighted by atomic mass is 9.95. The lowest BCUT2D eigenvalue weighted by molar-refractivity contribution is 0.546. The zero-order valence-corrected chi connectivity index (χ0v) is 8.53. The third-order valence-electron chi connectivity index (χ3n) is 2.28. The van der Waals surface area contributed by atoms with Gasteiger partial charge >= 0.3 is 0 Å². The molecule has 0 aliphatic rings. The Morgan fingerprint density at radius 3 is 2.31 bits per heavy atom. The molecule has 2 nitrogen and oxygen atoms in total. The van der Waals surface area contributed by atoms with E-state index in [1.807, 2.05) is 6.20 Å². The number of aromatic nitrogens is 2. The molecule has 1 aromatic rings. The van der Waals surface area contributed by atoms with E-state index in [2.05, 4.69) is 23.8 Å². The molecule has 1 aromatic heterocycles. The molecule has 0 bridgehead atoms. The molecule has 0 saturated carbocycles. The third-order valence-corrected chi connectivity index (χ3v) is 2.28. The molecule has 1 heterocycles. The Morgan fingerprint density at radius 1 is 1.15 bits per heavy atom. The maximum atomic E-state index is 4.35. The summed E-state index contributed by atoms with van der Waals surface area (Å²) in [5.41, 5.74) is 1.16. The standard InChI is InChI=1S/C11H18N2/c1-3-5-10(6-4-2)11-9-12-7-8-13-11/h7-10H,3-6H2,1-2H3. The van der Waals surface area contributed by atoms with Gasteiger partial charge in [-0.2, -0.15) is 0 Å². The quantitative estimate of drug-likeness (QED) is 0.692. The van der Waals surface area contributed by atoms with Crippen LogP contribution in [0, 0.1) is 0 Å². The van der Waals surface area contributed by atoms with Gasteiger partial charge in [-0.3, -0.25) is 9.97 Å². The topological polar surface area (TPSA) is 25.8 Å². The van der Waals surface area contributed by atoms with Crippen LogP contribution in [0.25, 0.3) is 0 Å². The van der Waals surface area contributed by atoms with Crippen LogP contribution in [-0.2, 0) is 0 Å². The van der Waals surface area contributed by atoms with Crippen molar-refractivity contribution in [3.05, 3.63) is 24.3 Å². The number of hydrogen-bond donors (Lipinski definition) is 0. The van der Waals surface area contributed by atoms with Gasteiger partial charge in [0, 0.05) is 24.5 Å². The molecule has 1 rings (SSSR count). The second-order valence-electron chi connectivity index (χ2n) is 3.40. The predicted molar refractivity (Wildman–Crippen MR) is 54.6 cm³/mol. The Bertz CT molecular complexity index is 215. The fourth-order valence-electron chi connectivity index (χ4n) is 1.66. The molecule has 2 heteroatoms. The molecular weight excluding hydrogens is 160 g/mol. The average Bonchev–Trinajstić information content (AvgIpc) is 2.19. The number of rotatable bonds is 5. The van der Waals surface area contributed by atoms with Crippen molar-refractivity contribution in [3.63, 3.8) is 0 Å². The van der Waals surface area contributed by atoms with E-state index in [-0.39, 0.29) is 0 Å². The van der Waals surface area contributed by atoms with Crippen LogP contribution < -0.4 is 0 Å². The molecule has 0 N–H and O–H groups in total. The molecule has 0 unspecified atom stereocenters. The summed E-state index contributed by atoms with van der Waals surface area (Å²) in [5.74, 6) is 0.615. The van der Waals surface area contributed by atoms with E-state index < -0.39 is 0 Å².